The summed E-state index contributed by atoms with van der Waals surface area (Å²) in [5.74, 6) is 0.152. The largest absolute Gasteiger partial charge is 0.327 e. The quantitative estimate of drug-likeness (QED) is 0.626. The van der Waals surface area contributed by atoms with Crippen LogP contribution in [-0.2, 0) is 0 Å². The van der Waals surface area contributed by atoms with Crippen molar-refractivity contribution in [1.82, 2.24) is 4.98 Å². The first-order chi connectivity index (χ1) is 7.47. The molecule has 0 saturated carbocycles. The Labute approximate surface area is 94.8 Å². The molecule has 2 atom stereocenters. The molecule has 1 aromatic heterocycles. The maximum atomic E-state index is 10.6. The minimum absolute atomic E-state index is 0.00152. The van der Waals surface area contributed by atoms with Crippen LogP contribution in [0, 0.1) is 17.0 Å². The van der Waals surface area contributed by atoms with Gasteiger partial charge in [0.15, 0.2) is 0 Å². The average Bonchev–Trinajstić information content (AvgIpc) is 2.17. The van der Waals surface area contributed by atoms with E-state index in [2.05, 4.69) is 4.98 Å². The van der Waals surface area contributed by atoms with Gasteiger partial charge in [0.05, 0.1) is 4.92 Å². The molecule has 88 valence electrons. The maximum Gasteiger partial charge on any atom is 0.290 e. The van der Waals surface area contributed by atoms with Crippen molar-refractivity contribution >= 4 is 5.69 Å². The molecule has 1 heterocycles. The van der Waals surface area contributed by atoms with Crippen LogP contribution in [0.5, 0.6) is 0 Å². The minimum atomic E-state index is -0.418. The monoisotopic (exact) mass is 223 g/mol. The number of rotatable bonds is 4. The third-order valence-corrected chi connectivity index (χ3v) is 2.73. The molecule has 1 aromatic rings. The van der Waals surface area contributed by atoms with E-state index in [1.54, 1.807) is 13.0 Å². The average molecular weight is 223 g/mol. The summed E-state index contributed by atoms with van der Waals surface area (Å²) < 4.78 is 0. The first-order valence-corrected chi connectivity index (χ1v) is 5.34. The van der Waals surface area contributed by atoms with Crippen molar-refractivity contribution in [1.29, 1.82) is 0 Å². The Hall–Kier alpha value is -1.49. The topological polar surface area (TPSA) is 82.0 Å². The van der Waals surface area contributed by atoms with Crippen LogP contribution in [0.2, 0.25) is 0 Å². The van der Waals surface area contributed by atoms with Gasteiger partial charge in [0, 0.05) is 23.7 Å². The lowest BCUT2D eigenvalue weighted by atomic mass is 9.94. The zero-order chi connectivity index (χ0) is 12.3. The molecule has 2 unspecified atom stereocenters. The van der Waals surface area contributed by atoms with Crippen LogP contribution in [0.4, 0.5) is 5.69 Å². The summed E-state index contributed by atoms with van der Waals surface area (Å²) in [5, 5.41) is 10.6. The fraction of sp³-hybridized carbons (Fsp3) is 0.545. The van der Waals surface area contributed by atoms with Gasteiger partial charge in [0.25, 0.3) is 5.69 Å². The summed E-state index contributed by atoms with van der Waals surface area (Å²) in [6.45, 7) is 5.61. The summed E-state index contributed by atoms with van der Waals surface area (Å²) in [5.41, 5.74) is 7.19. The molecule has 0 aromatic carbocycles. The van der Waals surface area contributed by atoms with E-state index in [9.17, 15) is 10.1 Å². The second-order valence-corrected chi connectivity index (χ2v) is 3.97. The third-order valence-electron chi connectivity index (χ3n) is 2.73. The van der Waals surface area contributed by atoms with Gasteiger partial charge in [-0.25, -0.2) is 0 Å². The summed E-state index contributed by atoms with van der Waals surface area (Å²) in [4.78, 5) is 14.5. The van der Waals surface area contributed by atoms with Crippen LogP contribution in [0.15, 0.2) is 12.1 Å². The number of nitrogens with zero attached hydrogens (tertiary/aromatic N) is 2. The predicted octanol–water partition coefficient (Wildman–Crippen LogP) is 2.14. The van der Waals surface area contributed by atoms with Gasteiger partial charge < -0.3 is 5.73 Å². The molecular weight excluding hydrogens is 206 g/mol. The van der Waals surface area contributed by atoms with E-state index in [4.69, 9.17) is 5.73 Å². The molecule has 0 aliphatic carbocycles. The first-order valence-electron chi connectivity index (χ1n) is 5.34. The Bertz CT molecular complexity index is 391. The molecular formula is C11H17N3O2. The Kier molecular flexibility index (Phi) is 3.95. The predicted molar refractivity (Wildman–Crippen MR) is 62.3 cm³/mol. The summed E-state index contributed by atoms with van der Waals surface area (Å²) in [6.07, 6.45) is 0.877. The number of hydrogen-bond acceptors (Lipinski definition) is 4. The number of nitro groups is 1. The SMILES string of the molecule is CCC(c1ccc([N+](=O)[O-])c(C)n1)C(C)N. The smallest absolute Gasteiger partial charge is 0.290 e. The number of hydrogen-bond donors (Lipinski definition) is 1. The van der Waals surface area contributed by atoms with Crippen molar-refractivity contribution in [2.45, 2.75) is 39.2 Å². The van der Waals surface area contributed by atoms with Gasteiger partial charge >= 0.3 is 0 Å². The molecule has 0 saturated heterocycles. The molecule has 1 rings (SSSR count). The number of pyridine rings is 1. The van der Waals surface area contributed by atoms with Crippen LogP contribution in [0.3, 0.4) is 0 Å². The molecule has 16 heavy (non-hydrogen) atoms. The lowest BCUT2D eigenvalue weighted by molar-refractivity contribution is -0.385. The zero-order valence-corrected chi connectivity index (χ0v) is 9.80. The van der Waals surface area contributed by atoms with Gasteiger partial charge in [0.2, 0.25) is 0 Å². The second-order valence-electron chi connectivity index (χ2n) is 3.97. The Morgan fingerprint density at radius 2 is 2.19 bits per heavy atom. The van der Waals surface area contributed by atoms with Gasteiger partial charge in [-0.3, -0.25) is 15.1 Å². The highest BCUT2D eigenvalue weighted by molar-refractivity contribution is 5.36. The molecule has 0 aliphatic heterocycles. The molecule has 0 fully saturated rings. The van der Waals surface area contributed by atoms with Crippen LogP contribution in [0.1, 0.15) is 37.6 Å². The fourth-order valence-corrected chi connectivity index (χ4v) is 1.82. The third kappa shape index (κ3) is 2.55. The van der Waals surface area contributed by atoms with E-state index in [-0.39, 0.29) is 17.6 Å². The molecule has 0 bridgehead atoms. The van der Waals surface area contributed by atoms with Crippen molar-refractivity contribution in [3.8, 4) is 0 Å². The van der Waals surface area contributed by atoms with Crippen LogP contribution in [0.25, 0.3) is 0 Å². The first kappa shape index (κ1) is 12.6. The molecule has 0 aliphatic rings. The molecule has 0 amide bonds. The molecule has 5 heteroatoms. The van der Waals surface area contributed by atoms with Crippen molar-refractivity contribution in [2.75, 3.05) is 0 Å². The van der Waals surface area contributed by atoms with Gasteiger partial charge in [-0.2, -0.15) is 0 Å². The highest BCUT2D eigenvalue weighted by atomic mass is 16.6. The summed E-state index contributed by atoms with van der Waals surface area (Å²) >= 11 is 0. The van der Waals surface area contributed by atoms with E-state index >= 15 is 0 Å². The number of nitrogens with two attached hydrogens (primary N) is 1. The Balaban J connectivity index is 3.09. The van der Waals surface area contributed by atoms with E-state index < -0.39 is 4.92 Å². The molecule has 5 nitrogen and oxygen atoms in total. The minimum Gasteiger partial charge on any atom is -0.327 e. The van der Waals surface area contributed by atoms with Gasteiger partial charge in [-0.1, -0.05) is 6.92 Å². The standard InChI is InChI=1S/C11H17N3O2/c1-4-9(7(2)12)10-5-6-11(14(15)16)8(3)13-10/h5-7,9H,4,12H2,1-3H3. The van der Waals surface area contributed by atoms with Crippen molar-refractivity contribution in [3.05, 3.63) is 33.6 Å². The number of aryl methyl sites for hydroxylation is 1. The van der Waals surface area contributed by atoms with Gasteiger partial charge in [-0.05, 0) is 26.3 Å². The summed E-state index contributed by atoms with van der Waals surface area (Å²) in [7, 11) is 0. The van der Waals surface area contributed by atoms with Crippen LogP contribution < -0.4 is 5.73 Å². The van der Waals surface area contributed by atoms with Crippen molar-refractivity contribution in [3.63, 3.8) is 0 Å². The Morgan fingerprint density at radius 3 is 2.56 bits per heavy atom. The zero-order valence-electron chi connectivity index (χ0n) is 9.80. The molecule has 0 radical (unpaired) electrons. The lowest BCUT2D eigenvalue weighted by Gasteiger charge is -2.18. The van der Waals surface area contributed by atoms with E-state index in [0.717, 1.165) is 12.1 Å². The Morgan fingerprint density at radius 1 is 1.56 bits per heavy atom. The lowest BCUT2D eigenvalue weighted by Crippen LogP contribution is -2.25. The second kappa shape index (κ2) is 5.03. The highest BCUT2D eigenvalue weighted by Crippen LogP contribution is 2.24. The van der Waals surface area contributed by atoms with E-state index in [0.29, 0.717) is 5.69 Å². The molecule has 0 spiro atoms. The molecule has 2 N–H and O–H groups in total. The highest BCUT2D eigenvalue weighted by Gasteiger charge is 2.19. The van der Waals surface area contributed by atoms with E-state index in [1.807, 2.05) is 13.8 Å². The summed E-state index contributed by atoms with van der Waals surface area (Å²) in [6, 6.07) is 3.20. The van der Waals surface area contributed by atoms with Gasteiger partial charge in [0.1, 0.15) is 5.69 Å². The van der Waals surface area contributed by atoms with Crippen LogP contribution in [-0.4, -0.2) is 15.9 Å². The normalized spacial score (nSPS) is 14.5. The number of aromatic nitrogens is 1. The van der Waals surface area contributed by atoms with Crippen LogP contribution >= 0.6 is 0 Å². The van der Waals surface area contributed by atoms with E-state index in [1.165, 1.54) is 6.07 Å². The van der Waals surface area contributed by atoms with Gasteiger partial charge in [-0.15, -0.1) is 0 Å². The maximum absolute atomic E-state index is 10.6. The van der Waals surface area contributed by atoms with Crippen molar-refractivity contribution in [2.24, 2.45) is 5.73 Å². The van der Waals surface area contributed by atoms with Crippen molar-refractivity contribution < 1.29 is 4.92 Å². The fourth-order valence-electron chi connectivity index (χ4n) is 1.82.